The molecule has 0 aliphatic carbocycles. The van der Waals surface area contributed by atoms with Crippen LogP contribution in [0.2, 0.25) is 0 Å². The van der Waals surface area contributed by atoms with Crippen LogP contribution in [0.15, 0.2) is 51.6 Å². The van der Waals surface area contributed by atoms with Gasteiger partial charge in [-0.2, -0.15) is 11.3 Å². The number of nitrogens with zero attached hydrogens (tertiary/aromatic N) is 4. The summed E-state index contributed by atoms with van der Waals surface area (Å²) in [6.45, 7) is 0. The van der Waals surface area contributed by atoms with Gasteiger partial charge in [0.05, 0.1) is 5.69 Å². The maximum Gasteiger partial charge on any atom is 0.210 e. The van der Waals surface area contributed by atoms with Crippen molar-refractivity contribution in [2.75, 3.05) is 5.84 Å². The van der Waals surface area contributed by atoms with E-state index in [4.69, 9.17) is 5.84 Å². The number of rotatable bonds is 6. The third kappa shape index (κ3) is 3.79. The molecule has 0 saturated heterocycles. The van der Waals surface area contributed by atoms with Crippen LogP contribution < -0.4 is 5.84 Å². The van der Waals surface area contributed by atoms with Gasteiger partial charge in [-0.15, -0.1) is 21.5 Å². The number of nitrogen functional groups attached to an aromatic ring is 1. The number of thioether (sulfide) groups is 1. The molecule has 132 valence electrons. The minimum absolute atomic E-state index is 0.260. The standard InChI is InChI=1S/C17H14FN5S3/c18-13-3-1-11(2-4-13)7-15-21-22-17(23(15)19)26-10-14-9-25-16(20-14)12-5-6-24-8-12/h1-6,8-9H,7,10,19H2. The molecule has 0 fully saturated rings. The maximum atomic E-state index is 13.0. The molecule has 2 N–H and O–H groups in total. The minimum Gasteiger partial charge on any atom is -0.336 e. The van der Waals surface area contributed by atoms with Crippen molar-refractivity contribution in [1.82, 2.24) is 19.9 Å². The highest BCUT2D eigenvalue weighted by atomic mass is 32.2. The van der Waals surface area contributed by atoms with Gasteiger partial charge in [0.1, 0.15) is 10.8 Å². The molecule has 4 aromatic rings. The van der Waals surface area contributed by atoms with Gasteiger partial charge in [-0.25, -0.2) is 14.1 Å². The second kappa shape index (κ2) is 7.56. The first-order chi connectivity index (χ1) is 12.7. The van der Waals surface area contributed by atoms with Crippen molar-refractivity contribution in [3.8, 4) is 10.6 Å². The van der Waals surface area contributed by atoms with Gasteiger partial charge in [-0.05, 0) is 29.1 Å². The van der Waals surface area contributed by atoms with Crippen molar-refractivity contribution < 1.29 is 4.39 Å². The Balaban J connectivity index is 1.41. The first-order valence-corrected chi connectivity index (χ1v) is 10.5. The first-order valence-electron chi connectivity index (χ1n) is 7.72. The molecule has 0 bridgehead atoms. The van der Waals surface area contributed by atoms with Crippen LogP contribution in [-0.4, -0.2) is 19.9 Å². The molecule has 0 atom stereocenters. The number of hydrogen-bond acceptors (Lipinski definition) is 7. The Kier molecular flexibility index (Phi) is 5.00. The molecular formula is C17H14FN5S3. The molecule has 0 aliphatic heterocycles. The zero-order valence-corrected chi connectivity index (χ0v) is 16.0. The van der Waals surface area contributed by atoms with Gasteiger partial charge in [0.2, 0.25) is 5.16 Å². The molecule has 26 heavy (non-hydrogen) atoms. The van der Waals surface area contributed by atoms with E-state index in [1.807, 2.05) is 5.38 Å². The highest BCUT2D eigenvalue weighted by Crippen LogP contribution is 2.28. The fourth-order valence-corrected chi connectivity index (χ4v) is 4.75. The van der Waals surface area contributed by atoms with Crippen LogP contribution in [0.5, 0.6) is 0 Å². The van der Waals surface area contributed by atoms with Gasteiger partial charge >= 0.3 is 0 Å². The smallest absolute Gasteiger partial charge is 0.210 e. The lowest BCUT2D eigenvalue weighted by molar-refractivity contribution is 0.627. The molecule has 4 rings (SSSR count). The Morgan fingerprint density at radius 3 is 2.73 bits per heavy atom. The Hall–Kier alpha value is -2.23. The molecule has 0 spiro atoms. The molecule has 3 aromatic heterocycles. The van der Waals surface area contributed by atoms with Crippen molar-refractivity contribution in [2.45, 2.75) is 17.3 Å². The summed E-state index contributed by atoms with van der Waals surface area (Å²) in [4.78, 5) is 4.65. The van der Waals surface area contributed by atoms with Gasteiger partial charge < -0.3 is 5.84 Å². The van der Waals surface area contributed by atoms with Crippen LogP contribution in [0.3, 0.4) is 0 Å². The molecule has 5 nitrogen and oxygen atoms in total. The van der Waals surface area contributed by atoms with Crippen molar-refractivity contribution in [2.24, 2.45) is 0 Å². The van der Waals surface area contributed by atoms with Gasteiger partial charge in [0.25, 0.3) is 0 Å². The SMILES string of the molecule is Nn1c(Cc2ccc(F)cc2)nnc1SCc1csc(-c2ccsc2)n1. The summed E-state index contributed by atoms with van der Waals surface area (Å²) in [6, 6.07) is 8.36. The molecule has 3 heterocycles. The van der Waals surface area contributed by atoms with E-state index in [2.05, 4.69) is 32.0 Å². The van der Waals surface area contributed by atoms with Crippen molar-refractivity contribution in [3.05, 3.63) is 69.4 Å². The molecule has 0 unspecified atom stereocenters. The van der Waals surface area contributed by atoms with Gasteiger partial charge in [-0.3, -0.25) is 0 Å². The first kappa shape index (κ1) is 17.2. The molecule has 0 aliphatic rings. The largest absolute Gasteiger partial charge is 0.336 e. The number of nitrogens with two attached hydrogens (primary N) is 1. The molecule has 9 heteroatoms. The number of hydrogen-bond donors (Lipinski definition) is 1. The van der Waals surface area contributed by atoms with Gasteiger partial charge in [0.15, 0.2) is 5.82 Å². The van der Waals surface area contributed by atoms with Crippen LogP contribution in [0.1, 0.15) is 17.1 Å². The normalized spacial score (nSPS) is 11.1. The van der Waals surface area contributed by atoms with E-state index in [-0.39, 0.29) is 5.82 Å². The summed E-state index contributed by atoms with van der Waals surface area (Å²) in [7, 11) is 0. The van der Waals surface area contributed by atoms with E-state index in [9.17, 15) is 4.39 Å². The number of thiophene rings is 1. The fraction of sp³-hybridized carbons (Fsp3) is 0.118. The second-order valence-electron chi connectivity index (χ2n) is 5.52. The molecular weight excluding hydrogens is 389 g/mol. The molecule has 0 radical (unpaired) electrons. The van der Waals surface area contributed by atoms with Crippen LogP contribution in [-0.2, 0) is 12.2 Å². The van der Waals surface area contributed by atoms with Crippen molar-refractivity contribution >= 4 is 34.4 Å². The van der Waals surface area contributed by atoms with Gasteiger partial charge in [0, 0.05) is 28.5 Å². The topological polar surface area (TPSA) is 69.6 Å². The number of benzene rings is 1. The Morgan fingerprint density at radius 2 is 1.96 bits per heavy atom. The van der Waals surface area contributed by atoms with E-state index >= 15 is 0 Å². The van der Waals surface area contributed by atoms with Crippen LogP contribution in [0.25, 0.3) is 10.6 Å². The number of thiazole rings is 1. The molecule has 0 amide bonds. The average Bonchev–Trinajstić information content (AvgIpc) is 3.38. The zero-order valence-electron chi connectivity index (χ0n) is 13.5. The zero-order chi connectivity index (χ0) is 17.9. The highest BCUT2D eigenvalue weighted by molar-refractivity contribution is 7.98. The van der Waals surface area contributed by atoms with Gasteiger partial charge in [-0.1, -0.05) is 23.9 Å². The van der Waals surface area contributed by atoms with E-state index in [1.165, 1.54) is 28.6 Å². The third-order valence-electron chi connectivity index (χ3n) is 3.68. The lowest BCUT2D eigenvalue weighted by Crippen LogP contribution is -2.14. The fourth-order valence-electron chi connectivity index (χ4n) is 2.34. The lowest BCUT2D eigenvalue weighted by Gasteiger charge is -2.03. The minimum atomic E-state index is -0.260. The number of halogens is 1. The predicted octanol–water partition coefficient (Wildman–Crippen LogP) is 4.20. The Bertz CT molecular complexity index is 992. The summed E-state index contributed by atoms with van der Waals surface area (Å²) >= 11 is 4.79. The highest BCUT2D eigenvalue weighted by Gasteiger charge is 2.12. The van der Waals surface area contributed by atoms with E-state index in [0.717, 1.165) is 21.8 Å². The summed E-state index contributed by atoms with van der Waals surface area (Å²) in [5, 5.41) is 16.1. The van der Waals surface area contributed by atoms with E-state index < -0.39 is 0 Å². The van der Waals surface area contributed by atoms with Crippen LogP contribution in [0, 0.1) is 5.82 Å². The molecule has 0 saturated carbocycles. The maximum absolute atomic E-state index is 13.0. The summed E-state index contributed by atoms with van der Waals surface area (Å²) in [5.41, 5.74) is 3.08. The summed E-state index contributed by atoms with van der Waals surface area (Å²) in [5.74, 6) is 7.16. The monoisotopic (exact) mass is 403 g/mol. The Labute approximate surface area is 161 Å². The van der Waals surface area contributed by atoms with Crippen LogP contribution in [0.4, 0.5) is 4.39 Å². The third-order valence-corrected chi connectivity index (χ3v) is 6.28. The quantitative estimate of drug-likeness (QED) is 0.386. The van der Waals surface area contributed by atoms with E-state index in [1.54, 1.807) is 34.8 Å². The summed E-state index contributed by atoms with van der Waals surface area (Å²) in [6.07, 6.45) is 0.503. The van der Waals surface area contributed by atoms with E-state index in [0.29, 0.717) is 23.2 Å². The van der Waals surface area contributed by atoms with Crippen molar-refractivity contribution in [3.63, 3.8) is 0 Å². The summed E-state index contributed by atoms with van der Waals surface area (Å²) < 4.78 is 14.5. The number of aromatic nitrogens is 4. The predicted molar refractivity (Wildman–Crippen MR) is 104 cm³/mol. The average molecular weight is 404 g/mol. The Morgan fingerprint density at radius 1 is 1.12 bits per heavy atom. The lowest BCUT2D eigenvalue weighted by atomic mass is 10.1. The molecule has 1 aromatic carbocycles. The van der Waals surface area contributed by atoms with Crippen molar-refractivity contribution in [1.29, 1.82) is 0 Å². The van der Waals surface area contributed by atoms with Crippen LogP contribution >= 0.6 is 34.4 Å². The second-order valence-corrected chi connectivity index (χ2v) is 8.10.